The first-order valence-electron chi connectivity index (χ1n) is 7.39. The third-order valence-electron chi connectivity index (χ3n) is 4.49. The van der Waals surface area contributed by atoms with Gasteiger partial charge in [-0.3, -0.25) is 10.1 Å². The van der Waals surface area contributed by atoms with Crippen molar-refractivity contribution < 1.29 is 4.92 Å². The zero-order chi connectivity index (χ0) is 14.8. The van der Waals surface area contributed by atoms with E-state index in [0.717, 1.165) is 31.6 Å². The summed E-state index contributed by atoms with van der Waals surface area (Å²) < 4.78 is 0. The lowest BCUT2D eigenvalue weighted by Gasteiger charge is -2.31. The van der Waals surface area contributed by atoms with Gasteiger partial charge in [0.1, 0.15) is 11.6 Å². The number of nitro benzene ring substituents is 1. The Morgan fingerprint density at radius 2 is 2.24 bits per heavy atom. The number of rotatable bonds is 3. The van der Waals surface area contributed by atoms with Crippen molar-refractivity contribution in [1.29, 1.82) is 5.26 Å². The average Bonchev–Trinajstić information content (AvgIpc) is 3.16. The van der Waals surface area contributed by atoms with Crippen molar-refractivity contribution in [1.82, 2.24) is 5.32 Å². The van der Waals surface area contributed by atoms with Gasteiger partial charge < -0.3 is 10.2 Å². The van der Waals surface area contributed by atoms with E-state index in [1.807, 2.05) is 6.07 Å². The molecule has 110 valence electrons. The Labute approximate surface area is 123 Å². The Morgan fingerprint density at radius 3 is 2.90 bits per heavy atom. The largest absolute Gasteiger partial charge is 0.367 e. The SMILES string of the molecule is N#Cc1cc(N2CCCC2C2CCCN2)ccc1[N+](=O)[O-]. The standard InChI is InChI=1S/C15H18N4O2/c16-10-11-9-12(5-6-14(11)19(20)21)18-8-2-4-15(18)13-3-1-7-17-13/h5-6,9,13,15,17H,1-4,7-8H2. The number of nitro groups is 1. The van der Waals surface area contributed by atoms with E-state index in [1.165, 1.54) is 18.9 Å². The van der Waals surface area contributed by atoms with Gasteiger partial charge in [-0.05, 0) is 44.4 Å². The zero-order valence-electron chi connectivity index (χ0n) is 11.8. The summed E-state index contributed by atoms with van der Waals surface area (Å²) >= 11 is 0. The van der Waals surface area contributed by atoms with Gasteiger partial charge in [-0.15, -0.1) is 0 Å². The van der Waals surface area contributed by atoms with Crippen LogP contribution in [0.1, 0.15) is 31.2 Å². The molecular formula is C15H18N4O2. The fraction of sp³-hybridized carbons (Fsp3) is 0.533. The van der Waals surface area contributed by atoms with Gasteiger partial charge in [0.05, 0.1) is 4.92 Å². The summed E-state index contributed by atoms with van der Waals surface area (Å²) in [6.45, 7) is 2.02. The molecule has 0 amide bonds. The number of anilines is 1. The minimum Gasteiger partial charge on any atom is -0.367 e. The molecule has 2 fully saturated rings. The van der Waals surface area contributed by atoms with Gasteiger partial charge in [0.25, 0.3) is 5.69 Å². The number of benzene rings is 1. The Morgan fingerprint density at radius 1 is 1.38 bits per heavy atom. The van der Waals surface area contributed by atoms with Crippen LogP contribution in [-0.4, -0.2) is 30.1 Å². The quantitative estimate of drug-likeness (QED) is 0.680. The van der Waals surface area contributed by atoms with Crippen LogP contribution in [0.15, 0.2) is 18.2 Å². The number of hydrogen-bond donors (Lipinski definition) is 1. The Balaban J connectivity index is 1.89. The maximum absolute atomic E-state index is 10.9. The number of hydrogen-bond acceptors (Lipinski definition) is 5. The van der Waals surface area contributed by atoms with Crippen molar-refractivity contribution in [3.63, 3.8) is 0 Å². The molecule has 3 rings (SSSR count). The summed E-state index contributed by atoms with van der Waals surface area (Å²) in [5, 5.41) is 23.6. The van der Waals surface area contributed by atoms with Crippen molar-refractivity contribution in [3.05, 3.63) is 33.9 Å². The lowest BCUT2D eigenvalue weighted by atomic mass is 10.0. The smallest absolute Gasteiger partial charge is 0.287 e. The molecule has 2 unspecified atom stereocenters. The molecule has 2 atom stereocenters. The first kappa shape index (κ1) is 13.8. The highest BCUT2D eigenvalue weighted by molar-refractivity contribution is 5.60. The van der Waals surface area contributed by atoms with E-state index in [9.17, 15) is 10.1 Å². The first-order chi connectivity index (χ1) is 10.2. The highest BCUT2D eigenvalue weighted by Crippen LogP contribution is 2.32. The predicted octanol–water partition coefficient (Wildman–Crippen LogP) is 2.19. The minimum absolute atomic E-state index is 0.115. The van der Waals surface area contributed by atoms with Crippen LogP contribution < -0.4 is 10.2 Å². The molecule has 0 bridgehead atoms. The van der Waals surface area contributed by atoms with Crippen LogP contribution in [0.3, 0.4) is 0 Å². The highest BCUT2D eigenvalue weighted by atomic mass is 16.6. The maximum Gasteiger partial charge on any atom is 0.287 e. The average molecular weight is 286 g/mol. The molecule has 1 aromatic rings. The number of nitriles is 1. The van der Waals surface area contributed by atoms with E-state index >= 15 is 0 Å². The lowest BCUT2D eigenvalue weighted by Crippen LogP contribution is -2.44. The fourth-order valence-corrected chi connectivity index (χ4v) is 3.52. The van der Waals surface area contributed by atoms with Crippen molar-refractivity contribution >= 4 is 11.4 Å². The van der Waals surface area contributed by atoms with E-state index < -0.39 is 4.92 Å². The predicted molar refractivity (Wildman–Crippen MR) is 79.2 cm³/mol. The van der Waals surface area contributed by atoms with E-state index in [-0.39, 0.29) is 11.3 Å². The maximum atomic E-state index is 10.9. The number of nitrogens with zero attached hydrogens (tertiary/aromatic N) is 3. The normalized spacial score (nSPS) is 25.0. The topological polar surface area (TPSA) is 82.2 Å². The van der Waals surface area contributed by atoms with Crippen LogP contribution in [0, 0.1) is 21.4 Å². The second-order valence-electron chi connectivity index (χ2n) is 5.68. The molecule has 0 aromatic heterocycles. The second kappa shape index (κ2) is 5.70. The fourth-order valence-electron chi connectivity index (χ4n) is 3.52. The first-order valence-corrected chi connectivity index (χ1v) is 7.39. The van der Waals surface area contributed by atoms with Crippen LogP contribution in [0.4, 0.5) is 11.4 Å². The summed E-state index contributed by atoms with van der Waals surface area (Å²) in [6, 6.07) is 7.74. The van der Waals surface area contributed by atoms with Gasteiger partial charge in [0, 0.05) is 30.4 Å². The van der Waals surface area contributed by atoms with Crippen molar-refractivity contribution in [2.24, 2.45) is 0 Å². The molecule has 2 saturated heterocycles. The number of nitrogens with one attached hydrogen (secondary N) is 1. The molecule has 21 heavy (non-hydrogen) atoms. The molecule has 1 N–H and O–H groups in total. The van der Waals surface area contributed by atoms with Gasteiger partial charge in [-0.25, -0.2) is 0 Å². The van der Waals surface area contributed by atoms with Crippen molar-refractivity contribution in [2.45, 2.75) is 37.8 Å². The lowest BCUT2D eigenvalue weighted by molar-refractivity contribution is -0.385. The zero-order valence-corrected chi connectivity index (χ0v) is 11.8. The van der Waals surface area contributed by atoms with Crippen molar-refractivity contribution in [2.75, 3.05) is 18.0 Å². The van der Waals surface area contributed by atoms with Gasteiger partial charge in [0.15, 0.2) is 0 Å². The molecule has 0 spiro atoms. The Kier molecular flexibility index (Phi) is 3.76. The van der Waals surface area contributed by atoms with Gasteiger partial charge in [0.2, 0.25) is 0 Å². The summed E-state index contributed by atoms with van der Waals surface area (Å²) in [5.41, 5.74) is 0.951. The van der Waals surface area contributed by atoms with Crippen molar-refractivity contribution in [3.8, 4) is 6.07 Å². The molecule has 6 nitrogen and oxygen atoms in total. The second-order valence-corrected chi connectivity index (χ2v) is 5.68. The van der Waals surface area contributed by atoms with E-state index in [0.29, 0.717) is 12.1 Å². The third-order valence-corrected chi connectivity index (χ3v) is 4.49. The monoisotopic (exact) mass is 286 g/mol. The molecular weight excluding hydrogens is 268 g/mol. The molecule has 0 aliphatic carbocycles. The van der Waals surface area contributed by atoms with Crippen LogP contribution in [0.25, 0.3) is 0 Å². The molecule has 2 aliphatic rings. The summed E-state index contributed by atoms with van der Waals surface area (Å²) in [4.78, 5) is 12.7. The molecule has 1 aromatic carbocycles. The van der Waals surface area contributed by atoms with Crippen LogP contribution in [-0.2, 0) is 0 Å². The molecule has 2 heterocycles. The summed E-state index contributed by atoms with van der Waals surface area (Å²) in [7, 11) is 0. The summed E-state index contributed by atoms with van der Waals surface area (Å²) in [6.07, 6.45) is 4.65. The van der Waals surface area contributed by atoms with E-state index in [2.05, 4.69) is 10.2 Å². The van der Waals surface area contributed by atoms with Crippen LogP contribution >= 0.6 is 0 Å². The molecule has 6 heteroatoms. The van der Waals surface area contributed by atoms with Crippen LogP contribution in [0.5, 0.6) is 0 Å². The van der Waals surface area contributed by atoms with E-state index in [4.69, 9.17) is 5.26 Å². The van der Waals surface area contributed by atoms with E-state index in [1.54, 1.807) is 12.1 Å². The summed E-state index contributed by atoms with van der Waals surface area (Å²) in [5.74, 6) is 0. The van der Waals surface area contributed by atoms with Gasteiger partial charge in [-0.2, -0.15) is 5.26 Å². The van der Waals surface area contributed by atoms with Gasteiger partial charge >= 0.3 is 0 Å². The molecule has 0 radical (unpaired) electrons. The molecule has 0 saturated carbocycles. The third kappa shape index (κ3) is 2.57. The van der Waals surface area contributed by atoms with Gasteiger partial charge in [-0.1, -0.05) is 0 Å². The minimum atomic E-state index is -0.498. The highest BCUT2D eigenvalue weighted by Gasteiger charge is 2.33. The Hall–Kier alpha value is -2.13. The van der Waals surface area contributed by atoms with Crippen LogP contribution in [0.2, 0.25) is 0 Å². The molecule has 2 aliphatic heterocycles. The Bertz CT molecular complexity index is 590.